The molecule has 0 bridgehead atoms. The molecule has 0 atom stereocenters. The number of nitrogens with zero attached hydrogens (tertiary/aromatic N) is 3. The number of methoxy groups -OCH3 is 1. The number of hydrogen-bond acceptors (Lipinski definition) is 3. The van der Waals surface area contributed by atoms with E-state index in [0.29, 0.717) is 31.2 Å². The Labute approximate surface area is 154 Å². The van der Waals surface area contributed by atoms with E-state index in [1.54, 1.807) is 27.1 Å². The highest BCUT2D eigenvalue weighted by Crippen LogP contribution is 2.13. The molecule has 0 aliphatic heterocycles. The molecule has 0 saturated carbocycles. The van der Waals surface area contributed by atoms with Crippen molar-refractivity contribution >= 4 is 5.96 Å². The maximum Gasteiger partial charge on any atom is 0.191 e. The predicted octanol–water partition coefficient (Wildman–Crippen LogP) is 2.46. The predicted molar refractivity (Wildman–Crippen MR) is 102 cm³/mol. The minimum absolute atomic E-state index is 0.187. The van der Waals surface area contributed by atoms with Crippen LogP contribution in [0, 0.1) is 26.6 Å². The molecule has 0 saturated heterocycles. The number of aliphatic imine (C=N–C) groups is 1. The number of benzene rings is 1. The third kappa shape index (κ3) is 5.05. The van der Waals surface area contributed by atoms with E-state index in [4.69, 9.17) is 4.74 Å². The molecule has 1 aromatic carbocycles. The fraction of sp³-hybridized carbons (Fsp3) is 0.474. The first kappa shape index (κ1) is 19.9. The van der Waals surface area contributed by atoms with Crippen LogP contribution in [0.25, 0.3) is 0 Å². The molecule has 0 fully saturated rings. The fourth-order valence-electron chi connectivity index (χ4n) is 2.78. The van der Waals surface area contributed by atoms with E-state index in [1.807, 2.05) is 17.7 Å². The Kier molecular flexibility index (Phi) is 7.15. The Hall–Kier alpha value is -2.41. The van der Waals surface area contributed by atoms with E-state index in [-0.39, 0.29) is 5.82 Å². The third-order valence-electron chi connectivity index (χ3n) is 4.38. The molecule has 1 aromatic heterocycles. The van der Waals surface area contributed by atoms with E-state index in [0.717, 1.165) is 29.1 Å². The van der Waals surface area contributed by atoms with E-state index < -0.39 is 0 Å². The van der Waals surface area contributed by atoms with Crippen LogP contribution in [0.15, 0.2) is 23.2 Å². The minimum atomic E-state index is -0.187. The SMILES string of the molecule is CN=C(NCc1ccc(F)c(C)c1)NCc1c(C)nn(CCOC)c1C. The number of nitrogens with one attached hydrogen (secondary N) is 2. The van der Waals surface area contributed by atoms with Crippen LogP contribution >= 0.6 is 0 Å². The average molecular weight is 361 g/mol. The quantitative estimate of drug-likeness (QED) is 0.587. The molecule has 0 aliphatic carbocycles. The van der Waals surface area contributed by atoms with Crippen LogP contribution in [0.2, 0.25) is 0 Å². The number of hydrogen-bond donors (Lipinski definition) is 2. The summed E-state index contributed by atoms with van der Waals surface area (Å²) in [6, 6.07) is 5.10. The molecule has 2 rings (SSSR count). The van der Waals surface area contributed by atoms with Crippen molar-refractivity contribution in [1.29, 1.82) is 0 Å². The fourth-order valence-corrected chi connectivity index (χ4v) is 2.78. The highest BCUT2D eigenvalue weighted by Gasteiger charge is 2.12. The summed E-state index contributed by atoms with van der Waals surface area (Å²) in [7, 11) is 3.42. The number of aromatic nitrogens is 2. The first-order valence-electron chi connectivity index (χ1n) is 8.67. The molecule has 1 heterocycles. The Morgan fingerprint density at radius 1 is 1.23 bits per heavy atom. The van der Waals surface area contributed by atoms with Crippen molar-refractivity contribution in [2.24, 2.45) is 4.99 Å². The molecule has 0 amide bonds. The second-order valence-corrected chi connectivity index (χ2v) is 6.23. The van der Waals surface area contributed by atoms with Crippen LogP contribution in [-0.4, -0.2) is 36.5 Å². The van der Waals surface area contributed by atoms with Gasteiger partial charge in [-0.2, -0.15) is 5.10 Å². The van der Waals surface area contributed by atoms with Gasteiger partial charge in [0.2, 0.25) is 0 Å². The lowest BCUT2D eigenvalue weighted by molar-refractivity contribution is 0.182. The molecule has 26 heavy (non-hydrogen) atoms. The molecular weight excluding hydrogens is 333 g/mol. The van der Waals surface area contributed by atoms with Gasteiger partial charge in [-0.15, -0.1) is 0 Å². The molecule has 142 valence electrons. The van der Waals surface area contributed by atoms with Gasteiger partial charge < -0.3 is 15.4 Å². The molecule has 0 aliphatic rings. The lowest BCUT2D eigenvalue weighted by Crippen LogP contribution is -2.36. The molecule has 0 spiro atoms. The number of aryl methyl sites for hydroxylation is 2. The lowest BCUT2D eigenvalue weighted by atomic mass is 10.1. The van der Waals surface area contributed by atoms with Gasteiger partial charge in [-0.25, -0.2) is 4.39 Å². The maximum absolute atomic E-state index is 13.4. The molecule has 7 heteroatoms. The lowest BCUT2D eigenvalue weighted by Gasteiger charge is -2.13. The van der Waals surface area contributed by atoms with Crippen molar-refractivity contribution in [3.63, 3.8) is 0 Å². The zero-order chi connectivity index (χ0) is 19.1. The van der Waals surface area contributed by atoms with Gasteiger partial charge in [0.15, 0.2) is 5.96 Å². The van der Waals surface area contributed by atoms with Crippen molar-refractivity contribution in [2.75, 3.05) is 20.8 Å². The van der Waals surface area contributed by atoms with Gasteiger partial charge in [-0.1, -0.05) is 12.1 Å². The number of rotatable bonds is 7. The van der Waals surface area contributed by atoms with E-state index >= 15 is 0 Å². The highest BCUT2D eigenvalue weighted by molar-refractivity contribution is 5.79. The first-order chi connectivity index (χ1) is 12.5. The van der Waals surface area contributed by atoms with Crippen molar-refractivity contribution in [3.8, 4) is 0 Å². The third-order valence-corrected chi connectivity index (χ3v) is 4.38. The highest BCUT2D eigenvalue weighted by atomic mass is 19.1. The summed E-state index contributed by atoms with van der Waals surface area (Å²) >= 11 is 0. The number of guanidine groups is 1. The minimum Gasteiger partial charge on any atom is -0.383 e. The van der Waals surface area contributed by atoms with E-state index in [9.17, 15) is 4.39 Å². The summed E-state index contributed by atoms with van der Waals surface area (Å²) < 4.78 is 20.4. The Morgan fingerprint density at radius 2 is 1.96 bits per heavy atom. The average Bonchev–Trinajstić information content (AvgIpc) is 2.90. The van der Waals surface area contributed by atoms with E-state index in [1.165, 1.54) is 6.07 Å². The molecule has 0 unspecified atom stereocenters. The van der Waals surface area contributed by atoms with Crippen LogP contribution in [0.4, 0.5) is 4.39 Å². The van der Waals surface area contributed by atoms with Gasteiger partial charge in [0.05, 0.1) is 18.8 Å². The summed E-state index contributed by atoms with van der Waals surface area (Å²) in [4.78, 5) is 4.25. The normalized spacial score (nSPS) is 11.7. The van der Waals surface area contributed by atoms with Gasteiger partial charge in [0.25, 0.3) is 0 Å². The van der Waals surface area contributed by atoms with Gasteiger partial charge >= 0.3 is 0 Å². The molecular formula is C19H28FN5O. The van der Waals surface area contributed by atoms with Crippen LogP contribution < -0.4 is 10.6 Å². The van der Waals surface area contributed by atoms with E-state index in [2.05, 4.69) is 27.6 Å². The van der Waals surface area contributed by atoms with Crippen molar-refractivity contribution in [3.05, 3.63) is 52.1 Å². The smallest absolute Gasteiger partial charge is 0.191 e. The first-order valence-corrected chi connectivity index (χ1v) is 8.67. The Morgan fingerprint density at radius 3 is 2.62 bits per heavy atom. The molecule has 6 nitrogen and oxygen atoms in total. The van der Waals surface area contributed by atoms with Gasteiger partial charge in [-0.3, -0.25) is 9.67 Å². The van der Waals surface area contributed by atoms with Crippen LogP contribution in [0.3, 0.4) is 0 Å². The van der Waals surface area contributed by atoms with Crippen molar-refractivity contribution in [2.45, 2.75) is 40.4 Å². The zero-order valence-corrected chi connectivity index (χ0v) is 16.2. The summed E-state index contributed by atoms with van der Waals surface area (Å²) in [5, 5.41) is 11.1. The molecule has 2 N–H and O–H groups in total. The monoisotopic (exact) mass is 361 g/mol. The molecule has 0 radical (unpaired) electrons. The standard InChI is InChI=1S/C19H28FN5O/c1-13-10-16(6-7-18(13)20)11-22-19(21-4)23-12-17-14(2)24-25(15(17)3)8-9-26-5/h6-7,10H,8-9,11-12H2,1-5H3,(H2,21,22,23). The second-order valence-electron chi connectivity index (χ2n) is 6.23. The van der Waals surface area contributed by atoms with Crippen LogP contribution in [0.1, 0.15) is 28.1 Å². The van der Waals surface area contributed by atoms with Crippen LogP contribution in [0.5, 0.6) is 0 Å². The second kappa shape index (κ2) is 9.33. The summed E-state index contributed by atoms with van der Waals surface area (Å²) in [5.74, 6) is 0.503. The van der Waals surface area contributed by atoms with Crippen LogP contribution in [-0.2, 0) is 24.4 Å². The number of halogens is 1. The van der Waals surface area contributed by atoms with Gasteiger partial charge in [-0.05, 0) is 38.0 Å². The zero-order valence-electron chi connectivity index (χ0n) is 16.2. The van der Waals surface area contributed by atoms with Gasteiger partial charge in [0.1, 0.15) is 5.82 Å². The topological polar surface area (TPSA) is 63.5 Å². The summed E-state index contributed by atoms with van der Waals surface area (Å²) in [6.07, 6.45) is 0. The maximum atomic E-state index is 13.4. The summed E-state index contributed by atoms with van der Waals surface area (Å²) in [6.45, 7) is 8.40. The molecule has 2 aromatic rings. The van der Waals surface area contributed by atoms with Crippen molar-refractivity contribution in [1.82, 2.24) is 20.4 Å². The largest absolute Gasteiger partial charge is 0.383 e. The Balaban J connectivity index is 1.94. The van der Waals surface area contributed by atoms with Crippen molar-refractivity contribution < 1.29 is 9.13 Å². The summed E-state index contributed by atoms with van der Waals surface area (Å²) in [5.41, 5.74) is 4.92. The number of ether oxygens (including phenoxy) is 1. The Bertz CT molecular complexity index is 770. The van der Waals surface area contributed by atoms with Gasteiger partial charge in [0, 0.05) is 38.5 Å².